The highest BCUT2D eigenvalue weighted by molar-refractivity contribution is 5.56. The minimum atomic E-state index is 0.0970. The molecule has 0 radical (unpaired) electrons. The Morgan fingerprint density at radius 1 is 1.11 bits per heavy atom. The van der Waals surface area contributed by atoms with E-state index in [-0.39, 0.29) is 11.5 Å². The molecule has 1 heterocycles. The molecule has 0 saturated heterocycles. The predicted octanol–water partition coefficient (Wildman–Crippen LogP) is 3.87. The number of hydrogen-bond donors (Lipinski definition) is 2. The number of nitrogens with one attached hydrogen (secondary N) is 1. The van der Waals surface area contributed by atoms with E-state index >= 15 is 0 Å². The first-order valence-corrected chi connectivity index (χ1v) is 7.31. The summed E-state index contributed by atoms with van der Waals surface area (Å²) in [7, 11) is 0. The molecule has 0 spiro atoms. The lowest BCUT2D eigenvalue weighted by atomic mass is 9.89. The second-order valence-corrected chi connectivity index (χ2v) is 5.56. The van der Waals surface area contributed by atoms with Crippen molar-refractivity contribution in [3.05, 3.63) is 11.4 Å². The lowest BCUT2D eigenvalue weighted by molar-refractivity contribution is 0.418. The monoisotopic (exact) mass is 264 g/mol. The van der Waals surface area contributed by atoms with E-state index in [1.165, 1.54) is 0 Å². The lowest BCUT2D eigenvalue weighted by Crippen LogP contribution is -2.37. The van der Waals surface area contributed by atoms with E-state index in [1.54, 1.807) is 0 Å². The van der Waals surface area contributed by atoms with Crippen LogP contribution in [0.3, 0.4) is 0 Å². The van der Waals surface area contributed by atoms with E-state index in [4.69, 9.17) is 5.73 Å². The molecule has 0 saturated carbocycles. The van der Waals surface area contributed by atoms with Crippen LogP contribution in [0.5, 0.6) is 0 Å². The molecule has 0 bridgehead atoms. The summed E-state index contributed by atoms with van der Waals surface area (Å²) in [6, 6.07) is 0. The van der Waals surface area contributed by atoms with E-state index in [1.807, 2.05) is 6.92 Å². The standard InChI is InChI=1S/C15H28N4/c1-7-15(8-2,9-3)19-14-11(6)12(16)17-13(18-14)10(4)5/h10H,7-9H2,1-6H3,(H3,16,17,18,19). The van der Waals surface area contributed by atoms with Crippen LogP contribution in [0.25, 0.3) is 0 Å². The second kappa shape index (κ2) is 6.22. The molecule has 0 aliphatic heterocycles. The lowest BCUT2D eigenvalue weighted by Gasteiger charge is -2.33. The zero-order valence-electron chi connectivity index (χ0n) is 13.2. The van der Waals surface area contributed by atoms with Crippen LogP contribution in [0.1, 0.15) is 71.2 Å². The van der Waals surface area contributed by atoms with E-state index in [2.05, 4.69) is 49.9 Å². The molecule has 0 atom stereocenters. The summed E-state index contributed by atoms with van der Waals surface area (Å²) in [6.45, 7) is 12.8. The third-order valence-electron chi connectivity index (χ3n) is 4.13. The van der Waals surface area contributed by atoms with Crippen LogP contribution < -0.4 is 11.1 Å². The van der Waals surface area contributed by atoms with Gasteiger partial charge in [0.2, 0.25) is 0 Å². The van der Waals surface area contributed by atoms with Gasteiger partial charge in [0.15, 0.2) is 0 Å². The van der Waals surface area contributed by atoms with Gasteiger partial charge in [-0.2, -0.15) is 0 Å². The summed E-state index contributed by atoms with van der Waals surface area (Å²) < 4.78 is 0. The number of hydrogen-bond acceptors (Lipinski definition) is 4. The van der Waals surface area contributed by atoms with E-state index in [9.17, 15) is 0 Å². The maximum atomic E-state index is 6.01. The van der Waals surface area contributed by atoms with Gasteiger partial charge in [-0.3, -0.25) is 0 Å². The molecule has 0 aliphatic carbocycles. The van der Waals surface area contributed by atoms with Crippen molar-refractivity contribution in [2.45, 2.75) is 72.3 Å². The minimum Gasteiger partial charge on any atom is -0.383 e. The van der Waals surface area contributed by atoms with E-state index in [0.29, 0.717) is 5.82 Å². The van der Waals surface area contributed by atoms with Crippen LogP contribution in [0.2, 0.25) is 0 Å². The van der Waals surface area contributed by atoms with Gasteiger partial charge in [-0.05, 0) is 26.2 Å². The largest absolute Gasteiger partial charge is 0.383 e. The molecule has 1 aromatic rings. The number of anilines is 2. The maximum absolute atomic E-state index is 6.01. The first-order chi connectivity index (χ1) is 8.89. The smallest absolute Gasteiger partial charge is 0.135 e. The molecule has 0 aromatic carbocycles. The van der Waals surface area contributed by atoms with Crippen molar-refractivity contribution in [3.8, 4) is 0 Å². The highest BCUT2D eigenvalue weighted by Crippen LogP contribution is 2.28. The van der Waals surface area contributed by atoms with Gasteiger partial charge in [0.1, 0.15) is 17.5 Å². The van der Waals surface area contributed by atoms with Gasteiger partial charge in [-0.1, -0.05) is 34.6 Å². The Morgan fingerprint density at radius 2 is 1.63 bits per heavy atom. The predicted molar refractivity (Wildman–Crippen MR) is 82.5 cm³/mol. The molecule has 0 amide bonds. The number of rotatable bonds is 6. The Labute approximate surface area is 117 Å². The summed E-state index contributed by atoms with van der Waals surface area (Å²) in [5.41, 5.74) is 7.06. The van der Waals surface area contributed by atoms with E-state index in [0.717, 1.165) is 36.5 Å². The second-order valence-electron chi connectivity index (χ2n) is 5.56. The molecule has 0 unspecified atom stereocenters. The van der Waals surface area contributed by atoms with Crippen molar-refractivity contribution in [1.82, 2.24) is 9.97 Å². The quantitative estimate of drug-likeness (QED) is 0.818. The van der Waals surface area contributed by atoms with Crippen molar-refractivity contribution in [3.63, 3.8) is 0 Å². The number of aromatic nitrogens is 2. The number of nitrogens with two attached hydrogens (primary N) is 1. The molecule has 0 fully saturated rings. The molecule has 19 heavy (non-hydrogen) atoms. The fourth-order valence-electron chi connectivity index (χ4n) is 2.20. The van der Waals surface area contributed by atoms with Gasteiger partial charge in [-0.15, -0.1) is 0 Å². The zero-order valence-corrected chi connectivity index (χ0v) is 13.2. The van der Waals surface area contributed by atoms with Crippen molar-refractivity contribution in [1.29, 1.82) is 0 Å². The molecule has 1 rings (SSSR count). The average molecular weight is 264 g/mol. The van der Waals surface area contributed by atoms with Crippen molar-refractivity contribution in [2.24, 2.45) is 0 Å². The fraction of sp³-hybridized carbons (Fsp3) is 0.733. The molecule has 0 aliphatic rings. The number of nitrogen functional groups attached to an aromatic ring is 1. The van der Waals surface area contributed by atoms with Gasteiger partial charge < -0.3 is 11.1 Å². The average Bonchev–Trinajstić information content (AvgIpc) is 2.40. The van der Waals surface area contributed by atoms with Crippen LogP contribution in [0, 0.1) is 6.92 Å². The summed E-state index contributed by atoms with van der Waals surface area (Å²) in [4.78, 5) is 9.03. The molecular weight excluding hydrogens is 236 g/mol. The Kier molecular flexibility index (Phi) is 5.15. The molecular formula is C15H28N4. The number of nitrogens with zero attached hydrogens (tertiary/aromatic N) is 2. The molecule has 108 valence electrons. The van der Waals surface area contributed by atoms with Crippen LogP contribution in [-0.2, 0) is 0 Å². The molecule has 3 N–H and O–H groups in total. The molecule has 4 nitrogen and oxygen atoms in total. The minimum absolute atomic E-state index is 0.0970. The van der Waals surface area contributed by atoms with Gasteiger partial charge in [0.25, 0.3) is 0 Å². The Morgan fingerprint density at radius 3 is 2.05 bits per heavy atom. The van der Waals surface area contributed by atoms with Crippen LogP contribution >= 0.6 is 0 Å². The van der Waals surface area contributed by atoms with Crippen LogP contribution in [0.4, 0.5) is 11.6 Å². The summed E-state index contributed by atoms with van der Waals surface area (Å²) in [5, 5.41) is 3.61. The zero-order chi connectivity index (χ0) is 14.6. The Bertz CT molecular complexity index is 414. The third kappa shape index (κ3) is 3.37. The normalized spacial score (nSPS) is 11.9. The Balaban J connectivity index is 3.19. The molecule has 1 aromatic heterocycles. The van der Waals surface area contributed by atoms with E-state index < -0.39 is 0 Å². The summed E-state index contributed by atoms with van der Waals surface area (Å²) >= 11 is 0. The highest BCUT2D eigenvalue weighted by Gasteiger charge is 2.25. The van der Waals surface area contributed by atoms with Gasteiger partial charge >= 0.3 is 0 Å². The highest BCUT2D eigenvalue weighted by atomic mass is 15.1. The van der Waals surface area contributed by atoms with Crippen molar-refractivity contribution >= 4 is 11.6 Å². The summed E-state index contributed by atoms with van der Waals surface area (Å²) in [6.07, 6.45) is 3.21. The maximum Gasteiger partial charge on any atom is 0.135 e. The van der Waals surface area contributed by atoms with Gasteiger partial charge in [0.05, 0.1) is 0 Å². The fourth-order valence-corrected chi connectivity index (χ4v) is 2.20. The molecule has 4 heteroatoms. The van der Waals surface area contributed by atoms with Crippen LogP contribution in [-0.4, -0.2) is 15.5 Å². The topological polar surface area (TPSA) is 63.8 Å². The summed E-state index contributed by atoms with van der Waals surface area (Å²) in [5.74, 6) is 2.56. The van der Waals surface area contributed by atoms with Crippen molar-refractivity contribution in [2.75, 3.05) is 11.1 Å². The first kappa shape index (κ1) is 15.7. The van der Waals surface area contributed by atoms with Crippen LogP contribution in [0.15, 0.2) is 0 Å². The van der Waals surface area contributed by atoms with Gasteiger partial charge in [-0.25, -0.2) is 9.97 Å². The van der Waals surface area contributed by atoms with Gasteiger partial charge in [0, 0.05) is 17.0 Å². The van der Waals surface area contributed by atoms with Crippen molar-refractivity contribution < 1.29 is 0 Å². The Hall–Kier alpha value is -1.32. The SMILES string of the molecule is CCC(CC)(CC)Nc1nc(C(C)C)nc(N)c1C. The first-order valence-electron chi connectivity index (χ1n) is 7.31. The third-order valence-corrected chi connectivity index (χ3v) is 4.13.